The van der Waals surface area contributed by atoms with E-state index in [-0.39, 0.29) is 5.92 Å². The van der Waals surface area contributed by atoms with E-state index in [1.54, 1.807) is 0 Å². The number of anilines is 1. The van der Waals surface area contributed by atoms with Gasteiger partial charge in [0.15, 0.2) is 0 Å². The van der Waals surface area contributed by atoms with Gasteiger partial charge in [0.1, 0.15) is 6.29 Å². The predicted molar refractivity (Wildman–Crippen MR) is 48.5 cm³/mol. The van der Waals surface area contributed by atoms with Crippen molar-refractivity contribution in [2.75, 3.05) is 18.5 Å². The molecule has 0 saturated heterocycles. The molecular formula is C10H11NO. The van der Waals surface area contributed by atoms with Gasteiger partial charge in [-0.25, -0.2) is 0 Å². The van der Waals surface area contributed by atoms with Gasteiger partial charge in [0.2, 0.25) is 0 Å². The standard InChI is InChI=1S/C10H11NO/c1-11-6-8(7-12)9-4-2-3-5-10(9)11/h2-5,7-8H,6H2,1H3/t8-/m0/s1. The maximum absolute atomic E-state index is 10.7. The topological polar surface area (TPSA) is 20.3 Å². The average molecular weight is 161 g/mol. The van der Waals surface area contributed by atoms with Crippen LogP contribution < -0.4 is 4.90 Å². The van der Waals surface area contributed by atoms with E-state index in [0.29, 0.717) is 0 Å². The highest BCUT2D eigenvalue weighted by atomic mass is 16.1. The minimum Gasteiger partial charge on any atom is -0.373 e. The van der Waals surface area contributed by atoms with Crippen LogP contribution in [0.25, 0.3) is 0 Å². The molecule has 0 unspecified atom stereocenters. The van der Waals surface area contributed by atoms with Crippen molar-refractivity contribution in [2.24, 2.45) is 0 Å². The lowest BCUT2D eigenvalue weighted by Gasteiger charge is -2.10. The van der Waals surface area contributed by atoms with Crippen LogP contribution in [0.5, 0.6) is 0 Å². The Hall–Kier alpha value is -1.31. The zero-order chi connectivity index (χ0) is 8.55. The summed E-state index contributed by atoms with van der Waals surface area (Å²) in [5, 5.41) is 0. The lowest BCUT2D eigenvalue weighted by Crippen LogP contribution is -2.15. The molecule has 1 aliphatic heterocycles. The summed E-state index contributed by atoms with van der Waals surface area (Å²) in [5.41, 5.74) is 2.35. The van der Waals surface area contributed by atoms with Gasteiger partial charge in [-0.15, -0.1) is 0 Å². The van der Waals surface area contributed by atoms with E-state index in [1.165, 1.54) is 5.69 Å². The van der Waals surface area contributed by atoms with Crippen LogP contribution in [0.2, 0.25) is 0 Å². The van der Waals surface area contributed by atoms with Crippen LogP contribution in [-0.2, 0) is 4.79 Å². The highest BCUT2D eigenvalue weighted by Crippen LogP contribution is 2.33. The Morgan fingerprint density at radius 1 is 1.50 bits per heavy atom. The summed E-state index contributed by atoms with van der Waals surface area (Å²) in [6.45, 7) is 0.822. The van der Waals surface area contributed by atoms with E-state index in [4.69, 9.17) is 0 Å². The first-order valence-corrected chi connectivity index (χ1v) is 4.08. The van der Waals surface area contributed by atoms with Crippen LogP contribution in [0, 0.1) is 0 Å². The third-order valence-corrected chi connectivity index (χ3v) is 2.38. The van der Waals surface area contributed by atoms with E-state index in [2.05, 4.69) is 11.0 Å². The number of carbonyl (C=O) groups excluding carboxylic acids is 1. The first-order valence-electron chi connectivity index (χ1n) is 4.08. The highest BCUT2D eigenvalue weighted by molar-refractivity contribution is 5.74. The number of hydrogen-bond acceptors (Lipinski definition) is 2. The molecule has 62 valence electrons. The normalized spacial score (nSPS) is 20.8. The Bertz CT molecular complexity index is 308. The Kier molecular flexibility index (Phi) is 1.61. The van der Waals surface area contributed by atoms with E-state index in [1.807, 2.05) is 25.2 Å². The molecule has 1 heterocycles. The number of para-hydroxylation sites is 1. The van der Waals surface area contributed by atoms with Crippen LogP contribution in [-0.4, -0.2) is 19.9 Å². The van der Waals surface area contributed by atoms with Crippen molar-refractivity contribution >= 4 is 12.0 Å². The van der Waals surface area contributed by atoms with Crippen molar-refractivity contribution in [3.05, 3.63) is 29.8 Å². The zero-order valence-electron chi connectivity index (χ0n) is 7.03. The number of carbonyl (C=O) groups is 1. The number of benzene rings is 1. The van der Waals surface area contributed by atoms with Crippen molar-refractivity contribution in [1.29, 1.82) is 0 Å². The first kappa shape index (κ1) is 7.35. The number of nitrogens with zero attached hydrogens (tertiary/aromatic N) is 1. The number of aldehydes is 1. The molecule has 0 amide bonds. The molecule has 0 spiro atoms. The van der Waals surface area contributed by atoms with Crippen molar-refractivity contribution in [2.45, 2.75) is 5.92 Å². The third-order valence-electron chi connectivity index (χ3n) is 2.38. The first-order chi connectivity index (χ1) is 5.83. The molecule has 1 aromatic rings. The number of hydrogen-bond donors (Lipinski definition) is 0. The third kappa shape index (κ3) is 0.916. The Balaban J connectivity index is 2.49. The SMILES string of the molecule is CN1C[C@@H](C=O)c2ccccc21. The summed E-state index contributed by atoms with van der Waals surface area (Å²) in [5.74, 6) is 0.0752. The zero-order valence-corrected chi connectivity index (χ0v) is 7.03. The average Bonchev–Trinajstić information content (AvgIpc) is 2.44. The molecule has 12 heavy (non-hydrogen) atoms. The van der Waals surface area contributed by atoms with Crippen LogP contribution in [0.3, 0.4) is 0 Å². The summed E-state index contributed by atoms with van der Waals surface area (Å²) in [4.78, 5) is 12.8. The monoisotopic (exact) mass is 161 g/mol. The van der Waals surface area contributed by atoms with Crippen molar-refractivity contribution in [3.63, 3.8) is 0 Å². The largest absolute Gasteiger partial charge is 0.373 e. The molecule has 0 fully saturated rings. The van der Waals surface area contributed by atoms with Crippen molar-refractivity contribution in [1.82, 2.24) is 0 Å². The molecule has 2 nitrogen and oxygen atoms in total. The minimum atomic E-state index is 0.0752. The van der Waals surface area contributed by atoms with Crippen molar-refractivity contribution in [3.8, 4) is 0 Å². The van der Waals surface area contributed by atoms with Crippen LogP contribution in [0.15, 0.2) is 24.3 Å². The Morgan fingerprint density at radius 2 is 2.25 bits per heavy atom. The maximum Gasteiger partial charge on any atom is 0.129 e. The second-order valence-corrected chi connectivity index (χ2v) is 3.18. The second kappa shape index (κ2) is 2.63. The van der Waals surface area contributed by atoms with Crippen LogP contribution in [0.1, 0.15) is 11.5 Å². The summed E-state index contributed by atoms with van der Waals surface area (Å²) >= 11 is 0. The van der Waals surface area contributed by atoms with Gasteiger partial charge in [-0.3, -0.25) is 0 Å². The van der Waals surface area contributed by atoms with Gasteiger partial charge in [-0.2, -0.15) is 0 Å². The number of likely N-dealkylation sites (N-methyl/N-ethyl adjacent to an activating group) is 1. The summed E-state index contributed by atoms with van der Waals surface area (Å²) in [7, 11) is 2.02. The minimum absolute atomic E-state index is 0.0752. The second-order valence-electron chi connectivity index (χ2n) is 3.18. The van der Waals surface area contributed by atoms with Crippen molar-refractivity contribution < 1.29 is 4.79 Å². The lowest BCUT2D eigenvalue weighted by molar-refractivity contribution is -0.108. The molecular weight excluding hydrogens is 150 g/mol. The van der Waals surface area contributed by atoms with Gasteiger partial charge in [0.05, 0.1) is 5.92 Å². The molecule has 0 aromatic heterocycles. The van der Waals surface area contributed by atoms with E-state index in [0.717, 1.165) is 18.4 Å². The fourth-order valence-electron chi connectivity index (χ4n) is 1.76. The predicted octanol–water partition coefficient (Wildman–Crippen LogP) is 1.42. The number of fused-ring (bicyclic) bond motifs is 1. The lowest BCUT2D eigenvalue weighted by atomic mass is 10.0. The van der Waals surface area contributed by atoms with Gasteiger partial charge in [0, 0.05) is 19.3 Å². The fraction of sp³-hybridized carbons (Fsp3) is 0.300. The smallest absolute Gasteiger partial charge is 0.129 e. The highest BCUT2D eigenvalue weighted by Gasteiger charge is 2.24. The molecule has 0 N–H and O–H groups in total. The molecule has 1 aliphatic rings. The Morgan fingerprint density at radius 3 is 3.00 bits per heavy atom. The summed E-state index contributed by atoms with van der Waals surface area (Å²) in [6.07, 6.45) is 1.03. The van der Waals surface area contributed by atoms with Gasteiger partial charge in [-0.05, 0) is 11.6 Å². The van der Waals surface area contributed by atoms with E-state index < -0.39 is 0 Å². The number of rotatable bonds is 1. The van der Waals surface area contributed by atoms with Gasteiger partial charge in [-0.1, -0.05) is 18.2 Å². The molecule has 2 rings (SSSR count). The molecule has 0 bridgehead atoms. The molecule has 1 atom stereocenters. The van der Waals surface area contributed by atoms with E-state index in [9.17, 15) is 4.79 Å². The Labute approximate surface area is 71.8 Å². The summed E-state index contributed by atoms with van der Waals surface area (Å²) in [6, 6.07) is 8.06. The molecule has 0 saturated carbocycles. The van der Waals surface area contributed by atoms with Gasteiger partial charge in [0.25, 0.3) is 0 Å². The molecule has 0 aliphatic carbocycles. The quantitative estimate of drug-likeness (QED) is 0.580. The van der Waals surface area contributed by atoms with E-state index >= 15 is 0 Å². The molecule has 0 radical (unpaired) electrons. The molecule has 2 heteroatoms. The fourth-order valence-corrected chi connectivity index (χ4v) is 1.76. The van der Waals surface area contributed by atoms with Crippen LogP contribution >= 0.6 is 0 Å². The molecule has 1 aromatic carbocycles. The summed E-state index contributed by atoms with van der Waals surface area (Å²) < 4.78 is 0. The van der Waals surface area contributed by atoms with Gasteiger partial charge < -0.3 is 9.69 Å². The van der Waals surface area contributed by atoms with Crippen LogP contribution in [0.4, 0.5) is 5.69 Å². The maximum atomic E-state index is 10.7. The van der Waals surface area contributed by atoms with Gasteiger partial charge >= 0.3 is 0 Å².